The van der Waals surface area contributed by atoms with Crippen molar-refractivity contribution < 1.29 is 4.42 Å². The van der Waals surface area contributed by atoms with Gasteiger partial charge in [-0.05, 0) is 13.0 Å². The maximum Gasteiger partial charge on any atom is 0.129 e. The van der Waals surface area contributed by atoms with Crippen molar-refractivity contribution in [2.75, 3.05) is 5.75 Å². The SMILES string of the molecule is Cc1occc1SCC(Cl)C#N. The number of nitriles is 1. The van der Waals surface area contributed by atoms with E-state index in [9.17, 15) is 0 Å². The minimum absolute atomic E-state index is 0.427. The average molecular weight is 202 g/mol. The highest BCUT2D eigenvalue weighted by Gasteiger charge is 2.06. The second kappa shape index (κ2) is 4.44. The average Bonchev–Trinajstić information content (AvgIpc) is 2.47. The Bertz CT molecular complexity index is 291. The summed E-state index contributed by atoms with van der Waals surface area (Å²) in [4.78, 5) is 1.05. The number of hydrogen-bond acceptors (Lipinski definition) is 3. The lowest BCUT2D eigenvalue weighted by Gasteiger charge is -1.98. The molecule has 0 aliphatic carbocycles. The van der Waals surface area contributed by atoms with Gasteiger partial charge in [-0.1, -0.05) is 0 Å². The molecule has 1 heterocycles. The van der Waals surface area contributed by atoms with Crippen LogP contribution in [0.25, 0.3) is 0 Å². The maximum atomic E-state index is 8.41. The van der Waals surface area contributed by atoms with Gasteiger partial charge >= 0.3 is 0 Å². The van der Waals surface area contributed by atoms with Gasteiger partial charge in [-0.2, -0.15) is 5.26 Å². The standard InChI is InChI=1S/C8H8ClNOS/c1-6-8(2-3-11-6)12-5-7(9)4-10/h2-3,7H,5H2,1H3. The molecule has 1 aromatic rings. The number of halogens is 1. The first-order valence-corrected chi connectivity index (χ1v) is 4.87. The fraction of sp³-hybridized carbons (Fsp3) is 0.375. The zero-order chi connectivity index (χ0) is 8.97. The molecule has 0 aliphatic heterocycles. The second-order valence-corrected chi connectivity index (χ2v) is 3.84. The molecular formula is C8H8ClNOS. The Hall–Kier alpha value is -0.590. The molecule has 0 aromatic carbocycles. The number of hydrogen-bond donors (Lipinski definition) is 0. The molecule has 0 saturated carbocycles. The van der Waals surface area contributed by atoms with Crippen LogP contribution in [0.15, 0.2) is 21.6 Å². The van der Waals surface area contributed by atoms with Crippen molar-refractivity contribution in [2.45, 2.75) is 17.2 Å². The van der Waals surface area contributed by atoms with Gasteiger partial charge < -0.3 is 4.42 Å². The van der Waals surface area contributed by atoms with Gasteiger partial charge in [-0.15, -0.1) is 23.4 Å². The molecule has 4 heteroatoms. The molecule has 2 nitrogen and oxygen atoms in total. The molecule has 1 atom stereocenters. The summed E-state index contributed by atoms with van der Waals surface area (Å²) in [7, 11) is 0. The third-order valence-electron chi connectivity index (χ3n) is 1.34. The lowest BCUT2D eigenvalue weighted by atomic mass is 10.5. The van der Waals surface area contributed by atoms with E-state index in [2.05, 4.69) is 0 Å². The predicted octanol–water partition coefficient (Wildman–Crippen LogP) is 2.81. The van der Waals surface area contributed by atoms with Gasteiger partial charge in [0.25, 0.3) is 0 Å². The van der Waals surface area contributed by atoms with Crippen LogP contribution in [0.3, 0.4) is 0 Å². The lowest BCUT2D eigenvalue weighted by Crippen LogP contribution is -1.96. The summed E-state index contributed by atoms with van der Waals surface area (Å²) in [5.41, 5.74) is 0. The highest BCUT2D eigenvalue weighted by atomic mass is 35.5. The van der Waals surface area contributed by atoms with Crippen LogP contribution in [-0.4, -0.2) is 11.1 Å². The first-order chi connectivity index (χ1) is 5.74. The molecular weight excluding hydrogens is 194 g/mol. The van der Waals surface area contributed by atoms with Crippen molar-refractivity contribution in [1.82, 2.24) is 0 Å². The molecule has 0 saturated heterocycles. The van der Waals surface area contributed by atoms with E-state index in [1.54, 1.807) is 6.26 Å². The van der Waals surface area contributed by atoms with E-state index in [1.807, 2.05) is 19.1 Å². The van der Waals surface area contributed by atoms with E-state index in [1.165, 1.54) is 11.8 Å². The van der Waals surface area contributed by atoms with Gasteiger partial charge in [-0.3, -0.25) is 0 Å². The number of alkyl halides is 1. The van der Waals surface area contributed by atoms with E-state index in [4.69, 9.17) is 21.3 Å². The number of thioether (sulfide) groups is 1. The minimum atomic E-state index is -0.427. The van der Waals surface area contributed by atoms with Crippen molar-refractivity contribution in [3.8, 4) is 6.07 Å². The third kappa shape index (κ3) is 2.47. The van der Waals surface area contributed by atoms with E-state index in [0.29, 0.717) is 5.75 Å². The Labute approximate surface area is 80.5 Å². The molecule has 0 spiro atoms. The molecule has 12 heavy (non-hydrogen) atoms. The molecule has 0 aliphatic rings. The van der Waals surface area contributed by atoms with Gasteiger partial charge in [0.1, 0.15) is 11.1 Å². The van der Waals surface area contributed by atoms with Crippen molar-refractivity contribution in [3.05, 3.63) is 18.1 Å². The minimum Gasteiger partial charge on any atom is -0.468 e. The monoisotopic (exact) mass is 201 g/mol. The first kappa shape index (κ1) is 9.50. The quantitative estimate of drug-likeness (QED) is 0.558. The Kier molecular flexibility index (Phi) is 3.51. The van der Waals surface area contributed by atoms with Gasteiger partial charge in [0.05, 0.1) is 12.3 Å². The van der Waals surface area contributed by atoms with Gasteiger partial charge in [0.15, 0.2) is 0 Å². The van der Waals surface area contributed by atoms with Gasteiger partial charge in [-0.25, -0.2) is 0 Å². The highest BCUT2D eigenvalue weighted by Crippen LogP contribution is 2.24. The van der Waals surface area contributed by atoms with Crippen molar-refractivity contribution >= 4 is 23.4 Å². The summed E-state index contributed by atoms with van der Waals surface area (Å²) in [6.45, 7) is 1.89. The fourth-order valence-corrected chi connectivity index (χ4v) is 1.72. The summed E-state index contributed by atoms with van der Waals surface area (Å²) >= 11 is 7.16. The largest absolute Gasteiger partial charge is 0.468 e. The topological polar surface area (TPSA) is 36.9 Å². The van der Waals surface area contributed by atoms with E-state index in [-0.39, 0.29) is 0 Å². The van der Waals surface area contributed by atoms with Crippen LogP contribution >= 0.6 is 23.4 Å². The van der Waals surface area contributed by atoms with E-state index >= 15 is 0 Å². The molecule has 0 amide bonds. The van der Waals surface area contributed by atoms with Crippen LogP contribution in [0.4, 0.5) is 0 Å². The van der Waals surface area contributed by atoms with Crippen LogP contribution in [0.2, 0.25) is 0 Å². The number of furan rings is 1. The summed E-state index contributed by atoms with van der Waals surface area (Å²) in [6, 6.07) is 3.84. The summed E-state index contributed by atoms with van der Waals surface area (Å²) < 4.78 is 5.08. The van der Waals surface area contributed by atoms with Crippen molar-refractivity contribution in [2.24, 2.45) is 0 Å². The zero-order valence-electron chi connectivity index (χ0n) is 6.58. The molecule has 0 fully saturated rings. The predicted molar refractivity (Wildman–Crippen MR) is 49.4 cm³/mol. The molecule has 0 N–H and O–H groups in total. The highest BCUT2D eigenvalue weighted by molar-refractivity contribution is 7.99. The fourth-order valence-electron chi connectivity index (χ4n) is 0.723. The smallest absolute Gasteiger partial charge is 0.129 e. The lowest BCUT2D eigenvalue weighted by molar-refractivity contribution is 0.527. The molecule has 1 aromatic heterocycles. The van der Waals surface area contributed by atoms with E-state index < -0.39 is 5.38 Å². The molecule has 64 valence electrons. The molecule has 1 rings (SSSR count). The van der Waals surface area contributed by atoms with E-state index in [0.717, 1.165) is 10.7 Å². The van der Waals surface area contributed by atoms with Crippen LogP contribution in [0.5, 0.6) is 0 Å². The number of nitrogens with zero attached hydrogens (tertiary/aromatic N) is 1. The van der Waals surface area contributed by atoms with Gasteiger partial charge in [0, 0.05) is 10.6 Å². The molecule has 1 unspecified atom stereocenters. The first-order valence-electron chi connectivity index (χ1n) is 3.44. The Morgan fingerprint density at radius 2 is 2.58 bits per heavy atom. The third-order valence-corrected chi connectivity index (χ3v) is 3.01. The van der Waals surface area contributed by atoms with Crippen molar-refractivity contribution in [1.29, 1.82) is 5.26 Å². The maximum absolute atomic E-state index is 8.41. The van der Waals surface area contributed by atoms with Gasteiger partial charge in [0.2, 0.25) is 0 Å². The Morgan fingerprint density at radius 3 is 3.08 bits per heavy atom. The van der Waals surface area contributed by atoms with Crippen LogP contribution < -0.4 is 0 Å². The summed E-state index contributed by atoms with van der Waals surface area (Å²) in [6.07, 6.45) is 1.63. The number of aryl methyl sites for hydroxylation is 1. The number of rotatable bonds is 3. The Balaban J connectivity index is 2.44. The van der Waals surface area contributed by atoms with Crippen LogP contribution in [-0.2, 0) is 0 Å². The molecule has 0 radical (unpaired) electrons. The molecule has 0 bridgehead atoms. The summed E-state index contributed by atoms with van der Waals surface area (Å²) in [5, 5.41) is 7.99. The Morgan fingerprint density at radius 1 is 1.83 bits per heavy atom. The second-order valence-electron chi connectivity index (χ2n) is 2.25. The summed E-state index contributed by atoms with van der Waals surface area (Å²) in [5.74, 6) is 1.47. The van der Waals surface area contributed by atoms with Crippen LogP contribution in [0.1, 0.15) is 5.76 Å². The van der Waals surface area contributed by atoms with Crippen molar-refractivity contribution in [3.63, 3.8) is 0 Å². The normalized spacial score (nSPS) is 12.4. The van der Waals surface area contributed by atoms with Crippen LogP contribution in [0, 0.1) is 18.3 Å². The zero-order valence-corrected chi connectivity index (χ0v) is 8.15.